The predicted molar refractivity (Wildman–Crippen MR) is 43.1 cm³/mol. The summed E-state index contributed by atoms with van der Waals surface area (Å²) in [5, 5.41) is 10.8. The topological polar surface area (TPSA) is 99.8 Å². The molecule has 7 heteroatoms. The number of hydrogen-bond acceptors (Lipinski definition) is 5. The summed E-state index contributed by atoms with van der Waals surface area (Å²) in [6.07, 6.45) is 0.443. The zero-order chi connectivity index (χ0) is 9.73. The van der Waals surface area contributed by atoms with E-state index in [0.29, 0.717) is 13.0 Å². The highest BCUT2D eigenvalue weighted by Gasteiger charge is 2.41. The second kappa shape index (κ2) is 3.86. The minimum absolute atomic E-state index is 0.0281. The number of carbonyl (C=O) groups excluding carboxylic acids is 1. The molecule has 0 saturated carbocycles. The summed E-state index contributed by atoms with van der Waals surface area (Å²) in [4.78, 5) is 13.9. The number of esters is 1. The van der Waals surface area contributed by atoms with Gasteiger partial charge >= 0.3 is 5.97 Å². The molecule has 0 aromatic rings. The predicted octanol–water partition coefficient (Wildman–Crippen LogP) is 1.06. The van der Waals surface area contributed by atoms with Gasteiger partial charge in [0.05, 0.1) is 20.2 Å². The second-order valence-electron chi connectivity index (χ2n) is 2.63. The van der Waals surface area contributed by atoms with E-state index < -0.39 is 11.5 Å². The number of rotatable bonds is 3. The largest absolute Gasteiger partial charge is 0.467 e. The molecule has 1 rings (SSSR count). The molecule has 0 amide bonds. The number of nitrogens with zero attached hydrogens (tertiary/aromatic N) is 5. The maximum absolute atomic E-state index is 11.3. The van der Waals surface area contributed by atoms with Crippen molar-refractivity contribution in [3.05, 3.63) is 10.4 Å². The highest BCUT2D eigenvalue weighted by atomic mass is 16.5. The smallest absolute Gasteiger partial charge is 0.335 e. The molecule has 70 valence electrons. The number of azo groups is 1. The van der Waals surface area contributed by atoms with Crippen molar-refractivity contribution in [2.75, 3.05) is 20.2 Å². The number of hydrogen-bond donors (Lipinski definition) is 0. The Hall–Kier alpha value is -1.62. The standard InChI is InChI=1S/C6H9N5O2/c1-13-5(12)6(4-9-11-7)2-3-8-10-6/h2-4H2,1H3. The fourth-order valence-corrected chi connectivity index (χ4v) is 1.13. The van der Waals surface area contributed by atoms with Gasteiger partial charge in [-0.1, -0.05) is 5.11 Å². The van der Waals surface area contributed by atoms with Crippen molar-refractivity contribution in [3.63, 3.8) is 0 Å². The van der Waals surface area contributed by atoms with Gasteiger partial charge in [0.2, 0.25) is 0 Å². The van der Waals surface area contributed by atoms with Gasteiger partial charge in [0.1, 0.15) is 0 Å². The van der Waals surface area contributed by atoms with Crippen molar-refractivity contribution >= 4 is 5.97 Å². The molecule has 1 aliphatic heterocycles. The van der Waals surface area contributed by atoms with Crippen LogP contribution in [-0.4, -0.2) is 31.7 Å². The van der Waals surface area contributed by atoms with E-state index in [1.165, 1.54) is 7.11 Å². The monoisotopic (exact) mass is 183 g/mol. The SMILES string of the molecule is COC(=O)C1(CN=[N+]=[N-])CCN=N1. The van der Waals surface area contributed by atoms with Crippen molar-refractivity contribution in [3.8, 4) is 0 Å². The zero-order valence-corrected chi connectivity index (χ0v) is 7.17. The highest BCUT2D eigenvalue weighted by Crippen LogP contribution is 2.24. The first-order valence-electron chi connectivity index (χ1n) is 3.73. The number of ether oxygens (including phenoxy) is 1. The Bertz CT molecular complexity index is 283. The summed E-state index contributed by atoms with van der Waals surface area (Å²) in [5.74, 6) is -0.499. The number of methoxy groups -OCH3 is 1. The Morgan fingerprint density at radius 2 is 2.62 bits per heavy atom. The van der Waals surface area contributed by atoms with Crippen LogP contribution >= 0.6 is 0 Å². The quantitative estimate of drug-likeness (QED) is 0.283. The Kier molecular flexibility index (Phi) is 2.81. The van der Waals surface area contributed by atoms with Crippen LogP contribution in [0.25, 0.3) is 10.4 Å². The zero-order valence-electron chi connectivity index (χ0n) is 7.17. The number of azide groups is 1. The summed E-state index contributed by atoms with van der Waals surface area (Å²) in [6, 6.07) is 0. The van der Waals surface area contributed by atoms with Gasteiger partial charge in [-0.15, -0.1) is 0 Å². The molecule has 0 spiro atoms. The van der Waals surface area contributed by atoms with Crippen LogP contribution in [0.5, 0.6) is 0 Å². The van der Waals surface area contributed by atoms with Crippen molar-refractivity contribution in [1.82, 2.24) is 0 Å². The maximum atomic E-state index is 11.3. The van der Waals surface area contributed by atoms with Gasteiger partial charge in [-0.25, -0.2) is 4.79 Å². The van der Waals surface area contributed by atoms with Crippen LogP contribution in [0, 0.1) is 0 Å². The maximum Gasteiger partial charge on any atom is 0.335 e. The van der Waals surface area contributed by atoms with Crippen molar-refractivity contribution in [2.24, 2.45) is 15.3 Å². The van der Waals surface area contributed by atoms with Gasteiger partial charge < -0.3 is 4.74 Å². The summed E-state index contributed by atoms with van der Waals surface area (Å²) >= 11 is 0. The summed E-state index contributed by atoms with van der Waals surface area (Å²) in [5.41, 5.74) is 7.06. The molecule has 0 saturated heterocycles. The number of carbonyl (C=O) groups is 1. The molecule has 0 aromatic carbocycles. The molecule has 0 aromatic heterocycles. The van der Waals surface area contributed by atoms with E-state index in [9.17, 15) is 4.79 Å². The summed E-state index contributed by atoms with van der Waals surface area (Å²) < 4.78 is 4.56. The second-order valence-corrected chi connectivity index (χ2v) is 2.63. The van der Waals surface area contributed by atoms with E-state index in [2.05, 4.69) is 25.0 Å². The van der Waals surface area contributed by atoms with Crippen LogP contribution in [-0.2, 0) is 9.53 Å². The average Bonchev–Trinajstić information content (AvgIpc) is 2.63. The minimum atomic E-state index is -1.07. The molecule has 13 heavy (non-hydrogen) atoms. The van der Waals surface area contributed by atoms with E-state index in [1.54, 1.807) is 0 Å². The lowest BCUT2D eigenvalue weighted by Crippen LogP contribution is -2.39. The molecule has 0 bridgehead atoms. The van der Waals surface area contributed by atoms with Gasteiger partial charge in [0, 0.05) is 11.3 Å². The first-order chi connectivity index (χ1) is 6.25. The van der Waals surface area contributed by atoms with Crippen molar-refractivity contribution in [1.29, 1.82) is 0 Å². The van der Waals surface area contributed by atoms with E-state index in [1.807, 2.05) is 0 Å². The van der Waals surface area contributed by atoms with Gasteiger partial charge in [-0.2, -0.15) is 10.2 Å². The Morgan fingerprint density at radius 1 is 1.85 bits per heavy atom. The van der Waals surface area contributed by atoms with Gasteiger partial charge in [0.15, 0.2) is 5.54 Å². The lowest BCUT2D eigenvalue weighted by atomic mass is 9.98. The molecule has 1 heterocycles. The molecule has 1 atom stereocenters. The molecule has 7 nitrogen and oxygen atoms in total. The normalized spacial score (nSPS) is 25.3. The first-order valence-corrected chi connectivity index (χ1v) is 3.73. The third kappa shape index (κ3) is 1.75. The molecule has 0 aliphatic carbocycles. The summed E-state index contributed by atoms with van der Waals surface area (Å²) in [7, 11) is 1.27. The van der Waals surface area contributed by atoms with Crippen LogP contribution in [0.2, 0.25) is 0 Å². The van der Waals surface area contributed by atoms with E-state index in [-0.39, 0.29) is 6.54 Å². The lowest BCUT2D eigenvalue weighted by Gasteiger charge is -2.17. The highest BCUT2D eigenvalue weighted by molar-refractivity contribution is 5.81. The Labute approximate surface area is 74.4 Å². The van der Waals surface area contributed by atoms with Gasteiger partial charge in [-0.05, 0) is 5.53 Å². The molecular formula is C6H9N5O2. The molecule has 1 aliphatic rings. The van der Waals surface area contributed by atoms with Crippen LogP contribution in [0.3, 0.4) is 0 Å². The van der Waals surface area contributed by atoms with E-state index in [4.69, 9.17) is 5.53 Å². The van der Waals surface area contributed by atoms with Crippen molar-refractivity contribution < 1.29 is 9.53 Å². The van der Waals surface area contributed by atoms with Crippen molar-refractivity contribution in [2.45, 2.75) is 12.0 Å². The fourth-order valence-electron chi connectivity index (χ4n) is 1.13. The van der Waals surface area contributed by atoms with Gasteiger partial charge in [0.25, 0.3) is 0 Å². The molecule has 0 N–H and O–H groups in total. The molecule has 0 fully saturated rings. The van der Waals surface area contributed by atoms with E-state index in [0.717, 1.165) is 0 Å². The van der Waals surface area contributed by atoms with Crippen LogP contribution < -0.4 is 0 Å². The Balaban J connectivity index is 2.80. The van der Waals surface area contributed by atoms with Crippen LogP contribution in [0.15, 0.2) is 15.3 Å². The summed E-state index contributed by atoms with van der Waals surface area (Å²) in [6.45, 7) is 0.440. The van der Waals surface area contributed by atoms with E-state index >= 15 is 0 Å². The first kappa shape index (κ1) is 9.47. The van der Waals surface area contributed by atoms with Gasteiger partial charge in [-0.3, -0.25) is 0 Å². The molecule has 1 unspecified atom stereocenters. The molecule has 0 radical (unpaired) electrons. The third-order valence-corrected chi connectivity index (χ3v) is 1.85. The average molecular weight is 183 g/mol. The fraction of sp³-hybridized carbons (Fsp3) is 0.833. The third-order valence-electron chi connectivity index (χ3n) is 1.85. The minimum Gasteiger partial charge on any atom is -0.467 e. The van der Waals surface area contributed by atoms with Crippen LogP contribution in [0.1, 0.15) is 6.42 Å². The van der Waals surface area contributed by atoms with Crippen LogP contribution in [0.4, 0.5) is 0 Å². The molecular weight excluding hydrogens is 174 g/mol. The lowest BCUT2D eigenvalue weighted by molar-refractivity contribution is -0.146. The Morgan fingerprint density at radius 3 is 3.08 bits per heavy atom.